The van der Waals surface area contributed by atoms with Gasteiger partial charge in [-0.3, -0.25) is 10.2 Å². The van der Waals surface area contributed by atoms with E-state index in [1.807, 2.05) is 45.7 Å². The van der Waals surface area contributed by atoms with Gasteiger partial charge in [-0.25, -0.2) is 14.6 Å². The number of likely N-dealkylation sites (N-methyl/N-ethyl adjacent to an activating group) is 1. The van der Waals surface area contributed by atoms with Gasteiger partial charge in [-0.15, -0.1) is 5.48 Å². The Labute approximate surface area is 242 Å². The fourth-order valence-corrected chi connectivity index (χ4v) is 4.07. The number of amidine groups is 1. The Bertz CT molecular complexity index is 1020. The molecule has 2 rings (SSSR count). The van der Waals surface area contributed by atoms with Crippen molar-refractivity contribution in [1.82, 2.24) is 15.3 Å². The molecule has 1 heterocycles. The molecule has 0 saturated heterocycles. The molecule has 0 saturated carbocycles. The maximum atomic E-state index is 11.9. The van der Waals surface area contributed by atoms with Gasteiger partial charge in [-0.2, -0.15) is 0 Å². The minimum Gasteiger partial charge on any atom is -0.453 e. The van der Waals surface area contributed by atoms with Crippen molar-refractivity contribution < 1.29 is 28.6 Å². The molecule has 0 bridgehead atoms. The number of methoxy groups -OCH3 is 3. The molecule has 1 aliphatic rings. The molecular formula is C27H45ClN6O6. The first-order valence-electron chi connectivity index (χ1n) is 13.2. The largest absolute Gasteiger partial charge is 0.453 e. The summed E-state index contributed by atoms with van der Waals surface area (Å²) < 4.78 is 16.3. The Morgan fingerprint density at radius 3 is 2.48 bits per heavy atom. The van der Waals surface area contributed by atoms with Gasteiger partial charge < -0.3 is 29.7 Å². The lowest BCUT2D eigenvalue weighted by molar-refractivity contribution is -0.0571. The summed E-state index contributed by atoms with van der Waals surface area (Å²) in [5.41, 5.74) is 9.47. The molecule has 13 heteroatoms. The summed E-state index contributed by atoms with van der Waals surface area (Å²) in [4.78, 5) is 36.3. The number of carbonyl (C=O) groups excluding carboxylic acids is 2. The maximum Gasteiger partial charge on any atom is 0.423 e. The lowest BCUT2D eigenvalue weighted by Crippen LogP contribution is -2.50. The molecule has 2 amide bonds. The van der Waals surface area contributed by atoms with Crippen LogP contribution in [0.4, 0.5) is 15.3 Å². The molecule has 4 unspecified atom stereocenters. The van der Waals surface area contributed by atoms with Crippen LogP contribution in [0.3, 0.4) is 0 Å². The fraction of sp³-hybridized carbons (Fsp3) is 0.593. The molecule has 0 fully saturated rings. The van der Waals surface area contributed by atoms with Gasteiger partial charge in [0.15, 0.2) is 6.23 Å². The van der Waals surface area contributed by atoms with Crippen molar-refractivity contribution in [2.24, 2.45) is 16.6 Å². The summed E-state index contributed by atoms with van der Waals surface area (Å²) in [7, 11) is 6.56. The lowest BCUT2D eigenvalue weighted by Gasteiger charge is -2.38. The number of nitrogens with zero attached hydrogens (tertiary/aromatic N) is 3. The van der Waals surface area contributed by atoms with E-state index in [1.165, 1.54) is 7.11 Å². The normalized spacial score (nSPS) is 17.1. The first kappa shape index (κ1) is 35.1. The number of nitrogens with one attached hydrogen (secondary N) is 2. The van der Waals surface area contributed by atoms with Crippen molar-refractivity contribution in [2.45, 2.75) is 59.5 Å². The molecule has 1 aromatic carbocycles. The third-order valence-electron chi connectivity index (χ3n) is 6.48. The van der Waals surface area contributed by atoms with E-state index in [4.69, 9.17) is 41.4 Å². The van der Waals surface area contributed by atoms with Crippen LogP contribution in [0.15, 0.2) is 29.3 Å². The van der Waals surface area contributed by atoms with Crippen LogP contribution in [0.2, 0.25) is 5.02 Å². The third-order valence-corrected chi connectivity index (χ3v) is 6.71. The number of carbonyl (C=O) groups is 2. The number of rotatable bonds is 13. The number of halogens is 1. The minimum absolute atomic E-state index is 0.0683. The number of hydrogen-bond donors (Lipinski definition) is 3. The highest BCUT2D eigenvalue weighted by Crippen LogP contribution is 2.32. The number of nitrogens with two attached hydrogens (primary N) is 1. The standard InChI is InChI=1S/C25H39ClN6O6.C2H6/c1-15(16(2)30-38-24(27)33)10-11-31(4)23(36-6)14-32-17(3)28-21(13-22(32)35-5)19-9-8-18(26)12-20(19)29-25(34)37-7;1-2/h8-9,12-13,15-16,22-23,30H,10-11,14H2,1-7H3,(H2,27,33)(H,29,34);1-2H3. The summed E-state index contributed by atoms with van der Waals surface area (Å²) in [5, 5.41) is 3.15. The van der Waals surface area contributed by atoms with Crippen molar-refractivity contribution in [3.05, 3.63) is 34.9 Å². The maximum absolute atomic E-state index is 11.9. The monoisotopic (exact) mass is 584 g/mol. The molecule has 40 heavy (non-hydrogen) atoms. The van der Waals surface area contributed by atoms with Gasteiger partial charge in [-0.05, 0) is 57.5 Å². The first-order valence-corrected chi connectivity index (χ1v) is 13.5. The van der Waals surface area contributed by atoms with E-state index in [2.05, 4.69) is 22.6 Å². The van der Waals surface area contributed by atoms with E-state index >= 15 is 0 Å². The Morgan fingerprint density at radius 1 is 1.23 bits per heavy atom. The van der Waals surface area contributed by atoms with Crippen molar-refractivity contribution in [3.8, 4) is 0 Å². The van der Waals surface area contributed by atoms with Crippen molar-refractivity contribution >= 4 is 41.0 Å². The van der Waals surface area contributed by atoms with E-state index in [-0.39, 0.29) is 18.2 Å². The average molecular weight is 585 g/mol. The number of primary amides is 1. The summed E-state index contributed by atoms with van der Waals surface area (Å²) in [6.07, 6.45) is 0.544. The van der Waals surface area contributed by atoms with Crippen molar-refractivity contribution in [3.63, 3.8) is 0 Å². The Kier molecular flexibility index (Phi) is 15.6. The number of benzene rings is 1. The van der Waals surface area contributed by atoms with Crippen LogP contribution in [0, 0.1) is 5.92 Å². The van der Waals surface area contributed by atoms with E-state index in [9.17, 15) is 9.59 Å². The van der Waals surface area contributed by atoms with Crippen LogP contribution >= 0.6 is 11.6 Å². The summed E-state index contributed by atoms with van der Waals surface area (Å²) in [5.74, 6) is 0.926. The second-order valence-corrected chi connectivity index (χ2v) is 9.50. The van der Waals surface area contributed by atoms with Crippen molar-refractivity contribution in [1.29, 1.82) is 0 Å². The summed E-state index contributed by atoms with van der Waals surface area (Å²) in [6.45, 7) is 11.1. The summed E-state index contributed by atoms with van der Waals surface area (Å²) in [6, 6.07) is 5.09. The third kappa shape index (κ3) is 10.6. The van der Waals surface area contributed by atoms with Crippen LogP contribution in [-0.4, -0.2) is 87.8 Å². The number of hydroxylamine groups is 1. The quantitative estimate of drug-likeness (QED) is 0.225. The van der Waals surface area contributed by atoms with Gasteiger partial charge in [0.1, 0.15) is 12.1 Å². The highest BCUT2D eigenvalue weighted by molar-refractivity contribution is 6.31. The van der Waals surface area contributed by atoms with Gasteiger partial charge >= 0.3 is 12.2 Å². The molecule has 0 aliphatic carbocycles. The molecule has 0 aromatic heterocycles. The molecule has 4 atom stereocenters. The molecule has 0 spiro atoms. The Morgan fingerprint density at radius 2 is 1.90 bits per heavy atom. The highest BCUT2D eigenvalue weighted by Gasteiger charge is 2.29. The number of ether oxygens (including phenoxy) is 3. The van der Waals surface area contributed by atoms with Gasteiger partial charge in [0.05, 0.1) is 25.0 Å². The van der Waals surface area contributed by atoms with E-state index < -0.39 is 18.4 Å². The topological polar surface area (TPSA) is 140 Å². The molecule has 4 N–H and O–H groups in total. The first-order chi connectivity index (χ1) is 19.0. The molecule has 1 aliphatic heterocycles. The number of aliphatic imine (C=N–C) groups is 1. The van der Waals surface area contributed by atoms with Crippen LogP contribution in [-0.2, 0) is 19.0 Å². The van der Waals surface area contributed by atoms with Crippen LogP contribution in [0.1, 0.15) is 46.6 Å². The molecule has 226 valence electrons. The van der Waals surface area contributed by atoms with E-state index in [0.717, 1.165) is 18.8 Å². The van der Waals surface area contributed by atoms with Crippen molar-refractivity contribution in [2.75, 3.05) is 46.8 Å². The fourth-order valence-electron chi connectivity index (χ4n) is 3.90. The average Bonchev–Trinajstić information content (AvgIpc) is 2.94. The predicted molar refractivity (Wildman–Crippen MR) is 158 cm³/mol. The van der Waals surface area contributed by atoms with Crippen LogP contribution in [0.25, 0.3) is 5.70 Å². The number of amides is 2. The number of anilines is 1. The van der Waals surface area contributed by atoms with Gasteiger partial charge in [0.25, 0.3) is 0 Å². The lowest BCUT2D eigenvalue weighted by atomic mass is 10.0. The van der Waals surface area contributed by atoms with Crippen LogP contribution in [0.5, 0.6) is 0 Å². The zero-order valence-corrected chi connectivity index (χ0v) is 25.7. The molecule has 0 radical (unpaired) electrons. The molecule has 1 aromatic rings. The second-order valence-electron chi connectivity index (χ2n) is 9.06. The van der Waals surface area contributed by atoms with Crippen LogP contribution < -0.4 is 16.5 Å². The Hall–Kier alpha value is -2.90. The predicted octanol–water partition coefficient (Wildman–Crippen LogP) is 4.51. The number of hydrogen-bond acceptors (Lipinski definition) is 10. The Balaban J connectivity index is 0.00000391. The highest BCUT2D eigenvalue weighted by atomic mass is 35.5. The zero-order valence-electron chi connectivity index (χ0n) is 25.0. The van der Waals surface area contributed by atoms with E-state index in [1.54, 1.807) is 32.4 Å². The molecule has 12 nitrogen and oxygen atoms in total. The molecular weight excluding hydrogens is 540 g/mol. The SMILES string of the molecule is CC.COC(=O)Nc1cc(Cl)ccc1C1=CC(OC)N(CC(OC)N(C)CCC(C)C(C)NOC(N)=O)C(C)=N1. The van der Waals surface area contributed by atoms with Gasteiger partial charge in [0, 0.05) is 37.4 Å². The smallest absolute Gasteiger partial charge is 0.423 e. The second kappa shape index (κ2) is 17.7. The van der Waals surface area contributed by atoms with E-state index in [0.29, 0.717) is 28.5 Å². The van der Waals surface area contributed by atoms with Gasteiger partial charge in [-0.1, -0.05) is 32.4 Å². The minimum atomic E-state index is -0.865. The van der Waals surface area contributed by atoms with Gasteiger partial charge in [0.2, 0.25) is 0 Å². The summed E-state index contributed by atoms with van der Waals surface area (Å²) >= 11 is 6.16. The zero-order chi connectivity index (χ0) is 30.4.